The van der Waals surface area contributed by atoms with Crippen molar-refractivity contribution in [1.29, 1.82) is 0 Å². The van der Waals surface area contributed by atoms with Gasteiger partial charge >= 0.3 is 0 Å². The van der Waals surface area contributed by atoms with Crippen LogP contribution in [0.4, 0.5) is 10.2 Å². The zero-order chi connectivity index (χ0) is 12.4. The van der Waals surface area contributed by atoms with Crippen LogP contribution in [0, 0.1) is 5.82 Å². The minimum absolute atomic E-state index is 0.0830. The van der Waals surface area contributed by atoms with Gasteiger partial charge in [0, 0.05) is 24.8 Å². The number of morpholine rings is 1. The molecular weight excluding hydrogens is 243 g/mol. The number of anilines is 1. The summed E-state index contributed by atoms with van der Waals surface area (Å²) in [5.74, 6) is 0.227. The molecule has 3 nitrogen and oxygen atoms in total. The second kappa shape index (κ2) is 5.19. The summed E-state index contributed by atoms with van der Waals surface area (Å²) in [7, 11) is 0. The molecule has 0 radical (unpaired) electrons. The number of halogens is 2. The highest BCUT2D eigenvalue weighted by Gasteiger charge is 2.25. The van der Waals surface area contributed by atoms with E-state index < -0.39 is 0 Å². The van der Waals surface area contributed by atoms with Crippen molar-refractivity contribution >= 4 is 17.4 Å². The van der Waals surface area contributed by atoms with E-state index in [2.05, 4.69) is 4.98 Å². The molecule has 0 aliphatic carbocycles. The maximum Gasteiger partial charge on any atom is 0.170 e. The Kier molecular flexibility index (Phi) is 3.84. The van der Waals surface area contributed by atoms with E-state index >= 15 is 0 Å². The van der Waals surface area contributed by atoms with Crippen molar-refractivity contribution in [2.24, 2.45) is 0 Å². The molecule has 0 unspecified atom stereocenters. The normalized spacial score (nSPS) is 25.1. The maximum absolute atomic E-state index is 14.1. The SMILES string of the molecule is C[C@@H]1CN(c2nccc(CCl)c2F)C[C@H](C)O1. The first-order valence-corrected chi connectivity index (χ1v) is 6.25. The van der Waals surface area contributed by atoms with Gasteiger partial charge in [-0.3, -0.25) is 0 Å². The van der Waals surface area contributed by atoms with Crippen LogP contribution in [0.15, 0.2) is 12.3 Å². The maximum atomic E-state index is 14.1. The van der Waals surface area contributed by atoms with Crippen LogP contribution in [0.2, 0.25) is 0 Å². The Labute approximate surface area is 106 Å². The summed E-state index contributed by atoms with van der Waals surface area (Å²) in [4.78, 5) is 6.04. The zero-order valence-corrected chi connectivity index (χ0v) is 10.7. The van der Waals surface area contributed by atoms with Gasteiger partial charge in [-0.1, -0.05) is 0 Å². The highest BCUT2D eigenvalue weighted by atomic mass is 35.5. The Morgan fingerprint density at radius 1 is 1.47 bits per heavy atom. The minimum Gasteiger partial charge on any atom is -0.372 e. The zero-order valence-electron chi connectivity index (χ0n) is 9.99. The largest absolute Gasteiger partial charge is 0.372 e. The average molecular weight is 259 g/mol. The lowest BCUT2D eigenvalue weighted by Crippen LogP contribution is -2.46. The molecule has 1 fully saturated rings. The Hall–Kier alpha value is -0.870. The van der Waals surface area contributed by atoms with Gasteiger partial charge in [-0.05, 0) is 19.9 Å². The van der Waals surface area contributed by atoms with Gasteiger partial charge < -0.3 is 9.64 Å². The van der Waals surface area contributed by atoms with Crippen LogP contribution < -0.4 is 4.90 Å². The average Bonchev–Trinajstić information content (AvgIpc) is 2.28. The number of alkyl halides is 1. The number of nitrogens with zero attached hydrogens (tertiary/aromatic N) is 2. The first kappa shape index (κ1) is 12.6. The molecule has 1 aliphatic heterocycles. The lowest BCUT2D eigenvalue weighted by atomic mass is 10.2. The van der Waals surface area contributed by atoms with Gasteiger partial charge in [-0.25, -0.2) is 9.37 Å². The first-order chi connectivity index (χ1) is 8.11. The van der Waals surface area contributed by atoms with Gasteiger partial charge in [0.25, 0.3) is 0 Å². The molecule has 0 saturated carbocycles. The molecule has 0 aromatic carbocycles. The Bertz CT molecular complexity index is 392. The van der Waals surface area contributed by atoms with Gasteiger partial charge in [-0.2, -0.15) is 0 Å². The molecule has 2 atom stereocenters. The summed E-state index contributed by atoms with van der Waals surface area (Å²) in [5, 5.41) is 0. The molecule has 94 valence electrons. The van der Waals surface area contributed by atoms with Crippen molar-refractivity contribution in [3.8, 4) is 0 Å². The fourth-order valence-corrected chi connectivity index (χ4v) is 2.35. The molecule has 0 N–H and O–H groups in total. The van der Waals surface area contributed by atoms with Gasteiger partial charge in [0.15, 0.2) is 11.6 Å². The van der Waals surface area contributed by atoms with Crippen molar-refractivity contribution in [2.75, 3.05) is 18.0 Å². The number of ether oxygens (including phenoxy) is 1. The van der Waals surface area contributed by atoms with Crippen molar-refractivity contribution in [2.45, 2.75) is 31.9 Å². The smallest absolute Gasteiger partial charge is 0.170 e. The third-order valence-corrected chi connectivity index (χ3v) is 3.10. The van der Waals surface area contributed by atoms with E-state index in [4.69, 9.17) is 16.3 Å². The molecule has 2 rings (SSSR count). The van der Waals surface area contributed by atoms with Crippen LogP contribution in [-0.2, 0) is 10.6 Å². The standard InChI is InChI=1S/C12H16ClFN2O/c1-8-6-16(7-9(2)17-8)12-11(14)10(5-13)3-4-15-12/h3-4,8-9H,5-7H2,1-2H3/t8-,9+. The highest BCUT2D eigenvalue weighted by Crippen LogP contribution is 2.24. The van der Waals surface area contributed by atoms with E-state index in [-0.39, 0.29) is 23.9 Å². The quantitative estimate of drug-likeness (QED) is 0.763. The molecule has 1 saturated heterocycles. The topological polar surface area (TPSA) is 25.4 Å². The van der Waals surface area contributed by atoms with E-state index in [0.717, 1.165) is 0 Å². The molecule has 0 amide bonds. The molecule has 1 aliphatic rings. The number of rotatable bonds is 2. The summed E-state index contributed by atoms with van der Waals surface area (Å²) in [6.07, 6.45) is 1.76. The van der Waals surface area contributed by atoms with Gasteiger partial charge in [0.05, 0.1) is 18.1 Å². The van der Waals surface area contributed by atoms with Crippen LogP contribution in [0.1, 0.15) is 19.4 Å². The van der Waals surface area contributed by atoms with Crippen LogP contribution in [-0.4, -0.2) is 30.3 Å². The number of hydrogen-bond donors (Lipinski definition) is 0. The van der Waals surface area contributed by atoms with Crippen LogP contribution >= 0.6 is 11.6 Å². The molecule has 5 heteroatoms. The molecule has 0 bridgehead atoms. The third kappa shape index (κ3) is 2.69. The Morgan fingerprint density at radius 3 is 2.71 bits per heavy atom. The monoisotopic (exact) mass is 258 g/mol. The summed E-state index contributed by atoms with van der Waals surface area (Å²) < 4.78 is 19.7. The number of aromatic nitrogens is 1. The summed E-state index contributed by atoms with van der Waals surface area (Å²) >= 11 is 5.69. The van der Waals surface area contributed by atoms with Gasteiger partial charge in [0.2, 0.25) is 0 Å². The number of pyridine rings is 1. The van der Waals surface area contributed by atoms with E-state index in [9.17, 15) is 4.39 Å². The second-order valence-electron chi connectivity index (χ2n) is 4.40. The van der Waals surface area contributed by atoms with Crippen molar-refractivity contribution in [3.63, 3.8) is 0 Å². The summed E-state index contributed by atoms with van der Waals surface area (Å²) in [6, 6.07) is 1.61. The fraction of sp³-hybridized carbons (Fsp3) is 0.583. The van der Waals surface area contributed by atoms with Crippen molar-refractivity contribution in [1.82, 2.24) is 4.98 Å². The Balaban J connectivity index is 2.27. The molecule has 1 aromatic heterocycles. The van der Waals surface area contributed by atoms with Gasteiger partial charge in [-0.15, -0.1) is 11.6 Å². The molecule has 1 aromatic rings. The number of hydrogen-bond acceptors (Lipinski definition) is 3. The fourth-order valence-electron chi connectivity index (χ4n) is 2.15. The first-order valence-electron chi connectivity index (χ1n) is 5.71. The second-order valence-corrected chi connectivity index (χ2v) is 4.67. The predicted octanol–water partition coefficient (Wildman–Crippen LogP) is 2.57. The van der Waals surface area contributed by atoms with Crippen LogP contribution in [0.25, 0.3) is 0 Å². The molecule has 17 heavy (non-hydrogen) atoms. The lowest BCUT2D eigenvalue weighted by molar-refractivity contribution is -0.00565. The molecular formula is C12H16ClFN2O. The van der Waals surface area contributed by atoms with E-state index in [0.29, 0.717) is 24.5 Å². The van der Waals surface area contributed by atoms with Crippen molar-refractivity contribution in [3.05, 3.63) is 23.6 Å². The summed E-state index contributed by atoms with van der Waals surface area (Å²) in [6.45, 7) is 5.26. The van der Waals surface area contributed by atoms with Gasteiger partial charge in [0.1, 0.15) is 0 Å². The highest BCUT2D eigenvalue weighted by molar-refractivity contribution is 6.17. The van der Waals surface area contributed by atoms with Crippen molar-refractivity contribution < 1.29 is 9.13 Å². The predicted molar refractivity (Wildman–Crippen MR) is 66.0 cm³/mol. The van der Waals surface area contributed by atoms with E-state index in [1.54, 1.807) is 12.3 Å². The molecule has 2 heterocycles. The van der Waals surface area contributed by atoms with Crippen LogP contribution in [0.3, 0.4) is 0 Å². The third-order valence-electron chi connectivity index (χ3n) is 2.81. The van der Waals surface area contributed by atoms with E-state index in [1.807, 2.05) is 18.7 Å². The van der Waals surface area contributed by atoms with E-state index in [1.165, 1.54) is 0 Å². The molecule has 0 spiro atoms. The van der Waals surface area contributed by atoms with Crippen LogP contribution in [0.5, 0.6) is 0 Å². The summed E-state index contributed by atoms with van der Waals surface area (Å²) in [5.41, 5.74) is 0.489. The Morgan fingerprint density at radius 2 is 2.12 bits per heavy atom. The minimum atomic E-state index is -0.316. The lowest BCUT2D eigenvalue weighted by Gasteiger charge is -2.36.